The van der Waals surface area contributed by atoms with Crippen LogP contribution in [0.15, 0.2) is 176 Å². The molecular formula is C44H29N. The van der Waals surface area contributed by atoms with Crippen molar-refractivity contribution in [1.29, 1.82) is 0 Å². The lowest BCUT2D eigenvalue weighted by atomic mass is 9.78. The molecule has 0 saturated heterocycles. The highest BCUT2D eigenvalue weighted by Gasteiger charge is 2.25. The van der Waals surface area contributed by atoms with Crippen molar-refractivity contribution >= 4 is 38.6 Å². The molecule has 0 amide bonds. The van der Waals surface area contributed by atoms with E-state index in [1.165, 1.54) is 71.7 Å². The molecule has 1 aliphatic rings. The number of anilines is 3. The maximum absolute atomic E-state index is 2.41. The number of hydrogen-bond acceptors (Lipinski definition) is 1. The van der Waals surface area contributed by atoms with Gasteiger partial charge >= 0.3 is 0 Å². The third kappa shape index (κ3) is 4.32. The standard InChI is InChI=1S/C44H29N/c1-3-11-30(12-4-1)32-21-23-37(24-22-32)45(38-19-9-17-33(25-38)31-13-5-2-6-14-31)44-20-10-18-36-28-42-40-26-34-15-7-8-16-35(34)27-41(40)43(42)29-39(36)44/h1-29H. The van der Waals surface area contributed by atoms with E-state index in [0.29, 0.717) is 0 Å². The van der Waals surface area contributed by atoms with Crippen LogP contribution in [0.4, 0.5) is 17.1 Å². The van der Waals surface area contributed by atoms with E-state index in [0.717, 1.165) is 11.4 Å². The Balaban J connectivity index is 1.22. The first-order chi connectivity index (χ1) is 22.3. The summed E-state index contributed by atoms with van der Waals surface area (Å²) in [7, 11) is 0. The fourth-order valence-electron chi connectivity index (χ4n) is 6.89. The Labute approximate surface area is 263 Å². The molecule has 0 bridgehead atoms. The predicted octanol–water partition coefficient (Wildman–Crippen LogP) is 12.4. The smallest absolute Gasteiger partial charge is 0.0540 e. The van der Waals surface area contributed by atoms with Crippen molar-refractivity contribution in [3.63, 3.8) is 0 Å². The van der Waals surface area contributed by atoms with Crippen molar-refractivity contribution in [2.24, 2.45) is 0 Å². The monoisotopic (exact) mass is 571 g/mol. The molecule has 0 saturated carbocycles. The van der Waals surface area contributed by atoms with Crippen LogP contribution in [0, 0.1) is 0 Å². The van der Waals surface area contributed by atoms with Crippen LogP contribution in [0.5, 0.6) is 0 Å². The summed E-state index contributed by atoms with van der Waals surface area (Å²) >= 11 is 0. The van der Waals surface area contributed by atoms with Gasteiger partial charge in [0.15, 0.2) is 0 Å². The molecule has 0 unspecified atom stereocenters. The lowest BCUT2D eigenvalue weighted by Gasteiger charge is -2.30. The Kier molecular flexibility index (Phi) is 5.89. The highest BCUT2D eigenvalue weighted by atomic mass is 15.1. The summed E-state index contributed by atoms with van der Waals surface area (Å²) in [6, 6.07) is 63.9. The first-order valence-electron chi connectivity index (χ1n) is 15.5. The third-order valence-corrected chi connectivity index (χ3v) is 9.15. The third-order valence-electron chi connectivity index (χ3n) is 9.15. The van der Waals surface area contributed by atoms with E-state index in [-0.39, 0.29) is 0 Å². The first kappa shape index (κ1) is 25.6. The molecule has 9 rings (SSSR count). The molecular weight excluding hydrogens is 542 g/mol. The molecule has 1 nitrogen and oxygen atoms in total. The van der Waals surface area contributed by atoms with Crippen LogP contribution in [-0.4, -0.2) is 0 Å². The predicted molar refractivity (Wildman–Crippen MR) is 191 cm³/mol. The summed E-state index contributed by atoms with van der Waals surface area (Å²) in [5.41, 5.74) is 13.6. The molecule has 45 heavy (non-hydrogen) atoms. The van der Waals surface area contributed by atoms with E-state index in [2.05, 4.69) is 181 Å². The minimum Gasteiger partial charge on any atom is -0.310 e. The molecule has 8 aromatic carbocycles. The van der Waals surface area contributed by atoms with Crippen molar-refractivity contribution in [1.82, 2.24) is 0 Å². The highest BCUT2D eigenvalue weighted by Crippen LogP contribution is 2.52. The quantitative estimate of drug-likeness (QED) is 0.199. The van der Waals surface area contributed by atoms with Crippen molar-refractivity contribution in [3.05, 3.63) is 176 Å². The highest BCUT2D eigenvalue weighted by molar-refractivity contribution is 6.14. The van der Waals surface area contributed by atoms with Gasteiger partial charge in [-0.15, -0.1) is 0 Å². The maximum atomic E-state index is 2.41. The number of benzene rings is 8. The molecule has 0 atom stereocenters. The van der Waals surface area contributed by atoms with E-state index in [1.54, 1.807) is 0 Å². The van der Waals surface area contributed by atoms with Gasteiger partial charge in [0.25, 0.3) is 0 Å². The van der Waals surface area contributed by atoms with Gasteiger partial charge in [0.05, 0.1) is 5.69 Å². The number of fused-ring (bicyclic) bond motifs is 6. The van der Waals surface area contributed by atoms with Crippen LogP contribution in [0.25, 0.3) is 66.1 Å². The Morgan fingerprint density at radius 3 is 1.44 bits per heavy atom. The van der Waals surface area contributed by atoms with E-state index in [1.807, 2.05) is 0 Å². The number of hydrogen-bond donors (Lipinski definition) is 0. The molecule has 0 aliphatic heterocycles. The molecule has 0 radical (unpaired) electrons. The molecule has 0 heterocycles. The Morgan fingerprint density at radius 2 is 0.778 bits per heavy atom. The molecule has 8 aromatic rings. The van der Waals surface area contributed by atoms with E-state index >= 15 is 0 Å². The van der Waals surface area contributed by atoms with Crippen molar-refractivity contribution in [2.45, 2.75) is 0 Å². The van der Waals surface area contributed by atoms with Crippen LogP contribution in [0.1, 0.15) is 0 Å². The summed E-state index contributed by atoms with van der Waals surface area (Å²) < 4.78 is 0. The van der Waals surface area contributed by atoms with Gasteiger partial charge in [-0.1, -0.05) is 121 Å². The molecule has 210 valence electrons. The van der Waals surface area contributed by atoms with Gasteiger partial charge in [-0.25, -0.2) is 0 Å². The zero-order chi connectivity index (χ0) is 29.7. The van der Waals surface area contributed by atoms with Crippen LogP contribution in [-0.2, 0) is 0 Å². The molecule has 0 N–H and O–H groups in total. The van der Waals surface area contributed by atoms with Crippen LogP contribution >= 0.6 is 0 Å². The van der Waals surface area contributed by atoms with Gasteiger partial charge in [0.1, 0.15) is 0 Å². The van der Waals surface area contributed by atoms with Gasteiger partial charge in [-0.2, -0.15) is 0 Å². The van der Waals surface area contributed by atoms with Crippen LogP contribution < -0.4 is 4.90 Å². The van der Waals surface area contributed by atoms with E-state index < -0.39 is 0 Å². The largest absolute Gasteiger partial charge is 0.310 e. The van der Waals surface area contributed by atoms with Gasteiger partial charge in [-0.05, 0) is 115 Å². The summed E-state index contributed by atoms with van der Waals surface area (Å²) in [6.07, 6.45) is 0. The second-order valence-electron chi connectivity index (χ2n) is 11.8. The molecule has 1 heteroatoms. The van der Waals surface area contributed by atoms with Gasteiger partial charge < -0.3 is 4.90 Å². The normalized spacial score (nSPS) is 11.6. The maximum Gasteiger partial charge on any atom is 0.0540 e. The lowest BCUT2D eigenvalue weighted by Crippen LogP contribution is -2.11. The molecule has 0 fully saturated rings. The topological polar surface area (TPSA) is 3.24 Å². The lowest BCUT2D eigenvalue weighted by molar-refractivity contribution is 1.30. The van der Waals surface area contributed by atoms with Crippen molar-refractivity contribution in [3.8, 4) is 44.5 Å². The van der Waals surface area contributed by atoms with Gasteiger partial charge in [0.2, 0.25) is 0 Å². The van der Waals surface area contributed by atoms with Crippen molar-refractivity contribution in [2.75, 3.05) is 4.90 Å². The average molecular weight is 572 g/mol. The minimum absolute atomic E-state index is 1.13. The fourth-order valence-corrected chi connectivity index (χ4v) is 6.89. The van der Waals surface area contributed by atoms with Gasteiger partial charge in [-0.3, -0.25) is 0 Å². The molecule has 0 aromatic heterocycles. The Morgan fingerprint density at radius 1 is 0.289 bits per heavy atom. The molecule has 0 spiro atoms. The first-order valence-corrected chi connectivity index (χ1v) is 15.5. The summed E-state index contributed by atoms with van der Waals surface area (Å²) in [4.78, 5) is 2.41. The van der Waals surface area contributed by atoms with E-state index in [4.69, 9.17) is 0 Å². The van der Waals surface area contributed by atoms with Gasteiger partial charge in [0, 0.05) is 16.8 Å². The summed E-state index contributed by atoms with van der Waals surface area (Å²) in [5, 5.41) is 5.06. The Hall–Kier alpha value is -5.92. The van der Waals surface area contributed by atoms with E-state index in [9.17, 15) is 0 Å². The fraction of sp³-hybridized carbons (Fsp3) is 0. The SMILES string of the molecule is c1ccc(-c2ccc(N(c3cccc(-c4ccccc4)c3)c3cccc4cc5c(cc34)-c3cc4ccccc4cc3-5)cc2)cc1. The van der Waals surface area contributed by atoms with Crippen LogP contribution in [0.3, 0.4) is 0 Å². The number of rotatable bonds is 5. The molecule has 1 aliphatic carbocycles. The zero-order valence-corrected chi connectivity index (χ0v) is 24.7. The van der Waals surface area contributed by atoms with Crippen LogP contribution in [0.2, 0.25) is 0 Å². The minimum atomic E-state index is 1.13. The second-order valence-corrected chi connectivity index (χ2v) is 11.8. The van der Waals surface area contributed by atoms with Crippen molar-refractivity contribution < 1.29 is 0 Å². The Bertz CT molecular complexity index is 2350. The second kappa shape index (κ2) is 10.4. The summed E-state index contributed by atoms with van der Waals surface area (Å²) in [5.74, 6) is 0. The average Bonchev–Trinajstić information content (AvgIpc) is 3.11. The zero-order valence-electron chi connectivity index (χ0n) is 24.7. The summed E-state index contributed by atoms with van der Waals surface area (Å²) in [6.45, 7) is 0. The number of nitrogens with zero attached hydrogens (tertiary/aromatic N) is 1.